The Kier molecular flexibility index (Phi) is 7.14. The summed E-state index contributed by atoms with van der Waals surface area (Å²) in [7, 11) is 3.75. The summed E-state index contributed by atoms with van der Waals surface area (Å²) < 4.78 is 11.6. The van der Waals surface area contributed by atoms with Gasteiger partial charge in [0, 0.05) is 37.6 Å². The smallest absolute Gasteiger partial charge is 0.255 e. The molecular formula is C23H24ClN3O3. The highest BCUT2D eigenvalue weighted by Crippen LogP contribution is 2.34. The molecule has 0 saturated heterocycles. The Hall–Kier alpha value is -3.25. The lowest BCUT2D eigenvalue weighted by Crippen LogP contribution is -2.17. The second-order valence-electron chi connectivity index (χ2n) is 6.73. The molecule has 0 aliphatic rings. The van der Waals surface area contributed by atoms with E-state index in [0.29, 0.717) is 41.0 Å². The maximum absolute atomic E-state index is 12.9. The first-order chi connectivity index (χ1) is 14.5. The van der Waals surface area contributed by atoms with Crippen molar-refractivity contribution in [3.63, 3.8) is 0 Å². The summed E-state index contributed by atoms with van der Waals surface area (Å²) in [6, 6.07) is 14.3. The molecule has 0 aliphatic heterocycles. The van der Waals surface area contributed by atoms with Crippen molar-refractivity contribution in [1.29, 1.82) is 0 Å². The van der Waals surface area contributed by atoms with Crippen molar-refractivity contribution in [2.24, 2.45) is 0 Å². The van der Waals surface area contributed by atoms with Crippen molar-refractivity contribution in [1.82, 2.24) is 4.98 Å². The van der Waals surface area contributed by atoms with Gasteiger partial charge in [-0.2, -0.15) is 0 Å². The van der Waals surface area contributed by atoms with E-state index >= 15 is 0 Å². The zero-order valence-electron chi connectivity index (χ0n) is 17.2. The van der Waals surface area contributed by atoms with Crippen LogP contribution in [0.2, 0.25) is 5.02 Å². The number of pyridine rings is 1. The predicted molar refractivity (Wildman–Crippen MR) is 120 cm³/mol. The van der Waals surface area contributed by atoms with Crippen LogP contribution in [0.1, 0.15) is 22.8 Å². The number of para-hydroxylation sites is 1. The number of halogens is 1. The molecule has 3 rings (SSSR count). The van der Waals surface area contributed by atoms with Crippen LogP contribution in [0, 0.1) is 0 Å². The van der Waals surface area contributed by atoms with Crippen LogP contribution in [0.3, 0.4) is 0 Å². The van der Waals surface area contributed by atoms with Gasteiger partial charge in [0.2, 0.25) is 0 Å². The molecular weight excluding hydrogens is 402 g/mol. The summed E-state index contributed by atoms with van der Waals surface area (Å²) in [5, 5.41) is 3.49. The lowest BCUT2D eigenvalue weighted by molar-refractivity contribution is 0.102. The number of anilines is 2. The van der Waals surface area contributed by atoms with Gasteiger partial charge in [-0.3, -0.25) is 9.78 Å². The van der Waals surface area contributed by atoms with Crippen molar-refractivity contribution in [2.75, 3.05) is 30.9 Å². The summed E-state index contributed by atoms with van der Waals surface area (Å²) in [5.74, 6) is 0.807. The molecule has 0 bridgehead atoms. The second kappa shape index (κ2) is 9.98. The van der Waals surface area contributed by atoms with Gasteiger partial charge >= 0.3 is 0 Å². The van der Waals surface area contributed by atoms with Crippen LogP contribution in [0.15, 0.2) is 60.9 Å². The number of carbonyl (C=O) groups is 1. The molecule has 0 atom stereocenters. The van der Waals surface area contributed by atoms with E-state index in [1.54, 1.807) is 42.7 Å². The quantitative estimate of drug-likeness (QED) is 0.548. The first-order valence-corrected chi connectivity index (χ1v) is 9.93. The zero-order valence-corrected chi connectivity index (χ0v) is 17.9. The van der Waals surface area contributed by atoms with Gasteiger partial charge in [0.25, 0.3) is 5.91 Å². The number of nitrogens with one attached hydrogen (secondary N) is 1. The van der Waals surface area contributed by atoms with Crippen molar-refractivity contribution in [2.45, 2.75) is 13.5 Å². The number of aromatic nitrogens is 1. The summed E-state index contributed by atoms with van der Waals surface area (Å²) in [6.45, 7) is 2.69. The van der Waals surface area contributed by atoms with Crippen LogP contribution >= 0.6 is 11.6 Å². The Bertz CT molecular complexity index is 1010. The van der Waals surface area contributed by atoms with Gasteiger partial charge in [-0.15, -0.1) is 0 Å². The molecule has 0 spiro atoms. The topological polar surface area (TPSA) is 63.7 Å². The van der Waals surface area contributed by atoms with Gasteiger partial charge in [-0.25, -0.2) is 0 Å². The fraction of sp³-hybridized carbons (Fsp3) is 0.217. The number of hydrogen-bond acceptors (Lipinski definition) is 5. The first kappa shape index (κ1) is 21.5. The van der Waals surface area contributed by atoms with Gasteiger partial charge in [-0.05, 0) is 43.3 Å². The normalized spacial score (nSPS) is 10.4. The third-order valence-corrected chi connectivity index (χ3v) is 4.61. The Balaban J connectivity index is 1.80. The Labute approximate surface area is 181 Å². The molecule has 2 aromatic carbocycles. The highest BCUT2D eigenvalue weighted by atomic mass is 35.5. The molecule has 156 valence electrons. The van der Waals surface area contributed by atoms with E-state index in [4.69, 9.17) is 21.1 Å². The van der Waals surface area contributed by atoms with E-state index in [9.17, 15) is 4.79 Å². The molecule has 0 radical (unpaired) electrons. The van der Waals surface area contributed by atoms with Crippen LogP contribution in [0.4, 0.5) is 11.4 Å². The number of ether oxygens (including phenoxy) is 2. The van der Waals surface area contributed by atoms with E-state index in [2.05, 4.69) is 10.3 Å². The van der Waals surface area contributed by atoms with Crippen molar-refractivity contribution >= 4 is 28.9 Å². The Morgan fingerprint density at radius 1 is 1.10 bits per heavy atom. The number of carbonyl (C=O) groups excluding carboxylic acids is 1. The lowest BCUT2D eigenvalue weighted by atomic mass is 10.1. The molecule has 3 aromatic rings. The molecule has 0 saturated carbocycles. The van der Waals surface area contributed by atoms with Crippen LogP contribution in [-0.4, -0.2) is 31.6 Å². The van der Waals surface area contributed by atoms with E-state index in [0.717, 1.165) is 11.3 Å². The first-order valence-electron chi connectivity index (χ1n) is 9.55. The third-order valence-electron chi connectivity index (χ3n) is 4.31. The molecule has 0 aliphatic carbocycles. The zero-order chi connectivity index (χ0) is 21.5. The number of nitrogens with zero attached hydrogens (tertiary/aromatic N) is 2. The Morgan fingerprint density at radius 2 is 1.93 bits per heavy atom. The van der Waals surface area contributed by atoms with Gasteiger partial charge in [-0.1, -0.05) is 23.7 Å². The number of hydrogen-bond donors (Lipinski definition) is 1. The van der Waals surface area contributed by atoms with Crippen LogP contribution in [0.25, 0.3) is 0 Å². The molecule has 1 amide bonds. The highest BCUT2D eigenvalue weighted by molar-refractivity contribution is 6.34. The highest BCUT2D eigenvalue weighted by Gasteiger charge is 2.15. The van der Waals surface area contributed by atoms with Crippen molar-refractivity contribution in [3.05, 3.63) is 77.1 Å². The fourth-order valence-electron chi connectivity index (χ4n) is 2.95. The fourth-order valence-corrected chi connectivity index (χ4v) is 3.29. The standard InChI is InChI=1S/C23H24ClN3O3/c1-4-29-21-13-17(10-11-20(21)30-15-16-7-6-12-25-14-16)23(28)26-19-9-5-8-18(24)22(19)27(2)3/h5-14H,4,15H2,1-3H3,(H,26,28). The maximum atomic E-state index is 12.9. The second-order valence-corrected chi connectivity index (χ2v) is 7.14. The number of benzene rings is 2. The van der Waals surface area contributed by atoms with Gasteiger partial charge in [0.1, 0.15) is 6.61 Å². The average molecular weight is 426 g/mol. The summed E-state index contributed by atoms with van der Waals surface area (Å²) in [5.41, 5.74) is 2.78. The summed E-state index contributed by atoms with van der Waals surface area (Å²) in [6.07, 6.45) is 3.46. The minimum atomic E-state index is -0.264. The van der Waals surface area contributed by atoms with E-state index in [-0.39, 0.29) is 5.91 Å². The SMILES string of the molecule is CCOc1cc(C(=O)Nc2cccc(Cl)c2N(C)C)ccc1OCc1cccnc1. The largest absolute Gasteiger partial charge is 0.490 e. The molecule has 1 heterocycles. The molecule has 1 aromatic heterocycles. The molecule has 0 unspecified atom stereocenters. The average Bonchev–Trinajstić information content (AvgIpc) is 2.73. The summed E-state index contributed by atoms with van der Waals surface area (Å²) in [4.78, 5) is 18.8. The minimum Gasteiger partial charge on any atom is -0.490 e. The molecule has 6 nitrogen and oxygen atoms in total. The molecule has 30 heavy (non-hydrogen) atoms. The van der Waals surface area contributed by atoms with Gasteiger partial charge in [0.05, 0.1) is 23.0 Å². The van der Waals surface area contributed by atoms with Crippen LogP contribution in [0.5, 0.6) is 11.5 Å². The predicted octanol–water partition coefficient (Wildman–Crippen LogP) is 5.03. The maximum Gasteiger partial charge on any atom is 0.255 e. The van der Waals surface area contributed by atoms with Gasteiger partial charge in [0.15, 0.2) is 11.5 Å². The molecule has 7 heteroatoms. The summed E-state index contributed by atoms with van der Waals surface area (Å²) >= 11 is 6.29. The van der Waals surface area contributed by atoms with E-state index in [1.807, 2.05) is 44.1 Å². The van der Waals surface area contributed by atoms with Crippen LogP contribution < -0.4 is 19.7 Å². The lowest BCUT2D eigenvalue weighted by Gasteiger charge is -2.19. The molecule has 1 N–H and O–H groups in total. The third kappa shape index (κ3) is 5.21. The number of rotatable bonds is 8. The van der Waals surface area contributed by atoms with Crippen molar-refractivity contribution < 1.29 is 14.3 Å². The van der Waals surface area contributed by atoms with Crippen LogP contribution in [-0.2, 0) is 6.61 Å². The van der Waals surface area contributed by atoms with Crippen molar-refractivity contribution in [3.8, 4) is 11.5 Å². The molecule has 0 fully saturated rings. The minimum absolute atomic E-state index is 0.264. The van der Waals surface area contributed by atoms with Gasteiger partial charge < -0.3 is 19.7 Å². The monoisotopic (exact) mass is 425 g/mol. The van der Waals surface area contributed by atoms with E-state index in [1.165, 1.54) is 0 Å². The van der Waals surface area contributed by atoms with E-state index < -0.39 is 0 Å². The number of amides is 1. The Morgan fingerprint density at radius 3 is 2.63 bits per heavy atom.